The Hall–Kier alpha value is 0.270. The quantitative estimate of drug-likeness (QED) is 0.830. The lowest BCUT2D eigenvalue weighted by Crippen LogP contribution is -2.45. The maximum atomic E-state index is 3.92. The fourth-order valence-corrected chi connectivity index (χ4v) is 5.03. The van der Waals surface area contributed by atoms with Gasteiger partial charge in [-0.1, -0.05) is 12.8 Å². The molecule has 0 radical (unpaired) electrons. The van der Waals surface area contributed by atoms with Gasteiger partial charge in [0.2, 0.25) is 0 Å². The van der Waals surface area contributed by atoms with Gasteiger partial charge >= 0.3 is 0 Å². The van der Waals surface area contributed by atoms with Gasteiger partial charge in [-0.3, -0.25) is 4.90 Å². The molecule has 0 aromatic rings. The van der Waals surface area contributed by atoms with Gasteiger partial charge in [-0.15, -0.1) is 0 Å². The number of hydrogen-bond donors (Lipinski definition) is 1. The maximum absolute atomic E-state index is 3.92. The minimum absolute atomic E-state index is 0.575. The SMILES string of the molecule is CSC1(CNC2CCN3CCCC23)CCCC1. The minimum Gasteiger partial charge on any atom is -0.311 e. The zero-order valence-electron chi connectivity index (χ0n) is 11.1. The molecule has 0 aromatic carbocycles. The second-order valence-electron chi connectivity index (χ2n) is 6.12. The largest absolute Gasteiger partial charge is 0.311 e. The van der Waals surface area contributed by atoms with Crippen molar-refractivity contribution in [1.29, 1.82) is 0 Å². The van der Waals surface area contributed by atoms with Crippen LogP contribution in [0.3, 0.4) is 0 Å². The lowest BCUT2D eigenvalue weighted by atomic mass is 10.0. The Morgan fingerprint density at radius 1 is 1.18 bits per heavy atom. The van der Waals surface area contributed by atoms with Gasteiger partial charge in [0, 0.05) is 29.9 Å². The van der Waals surface area contributed by atoms with Crippen LogP contribution < -0.4 is 5.32 Å². The summed E-state index contributed by atoms with van der Waals surface area (Å²) in [5.41, 5.74) is 0. The number of nitrogens with one attached hydrogen (secondary N) is 1. The van der Waals surface area contributed by atoms with E-state index in [1.807, 2.05) is 0 Å². The van der Waals surface area contributed by atoms with Crippen molar-refractivity contribution in [3.8, 4) is 0 Å². The third-order valence-electron chi connectivity index (χ3n) is 5.24. The standard InChI is InChI=1S/C14H26N2S/c1-17-14(7-2-3-8-14)11-15-12-6-10-16-9-4-5-13(12)16/h12-13,15H,2-11H2,1H3. The van der Waals surface area contributed by atoms with Crippen LogP contribution in [0, 0.1) is 0 Å². The molecule has 2 heterocycles. The molecule has 2 unspecified atom stereocenters. The van der Waals surface area contributed by atoms with Crippen molar-refractivity contribution in [1.82, 2.24) is 10.2 Å². The first-order valence-corrected chi connectivity index (χ1v) is 8.58. The van der Waals surface area contributed by atoms with Crippen molar-refractivity contribution in [3.05, 3.63) is 0 Å². The summed E-state index contributed by atoms with van der Waals surface area (Å²) < 4.78 is 0.575. The summed E-state index contributed by atoms with van der Waals surface area (Å²) in [4.78, 5) is 2.71. The summed E-state index contributed by atoms with van der Waals surface area (Å²) in [6.07, 6.45) is 12.3. The van der Waals surface area contributed by atoms with E-state index in [0.29, 0.717) is 4.75 Å². The number of fused-ring (bicyclic) bond motifs is 1. The molecule has 2 aliphatic heterocycles. The summed E-state index contributed by atoms with van der Waals surface area (Å²) in [7, 11) is 0. The van der Waals surface area contributed by atoms with Crippen molar-refractivity contribution in [3.63, 3.8) is 0 Å². The van der Waals surface area contributed by atoms with E-state index in [1.165, 1.54) is 64.6 Å². The van der Waals surface area contributed by atoms with Gasteiger partial charge in [-0.2, -0.15) is 11.8 Å². The molecule has 3 aliphatic rings. The molecule has 17 heavy (non-hydrogen) atoms. The molecule has 3 heteroatoms. The molecule has 3 rings (SSSR count). The van der Waals surface area contributed by atoms with E-state index in [9.17, 15) is 0 Å². The second-order valence-corrected chi connectivity index (χ2v) is 7.39. The number of hydrogen-bond acceptors (Lipinski definition) is 3. The highest BCUT2D eigenvalue weighted by atomic mass is 32.2. The fraction of sp³-hybridized carbons (Fsp3) is 1.00. The normalized spacial score (nSPS) is 36.5. The zero-order valence-corrected chi connectivity index (χ0v) is 11.9. The molecule has 2 nitrogen and oxygen atoms in total. The van der Waals surface area contributed by atoms with Crippen LogP contribution in [0.1, 0.15) is 44.9 Å². The van der Waals surface area contributed by atoms with E-state index >= 15 is 0 Å². The Kier molecular flexibility index (Phi) is 3.69. The van der Waals surface area contributed by atoms with Crippen molar-refractivity contribution in [2.75, 3.05) is 25.9 Å². The Morgan fingerprint density at radius 2 is 2.00 bits per heavy atom. The van der Waals surface area contributed by atoms with Crippen LogP contribution in [-0.4, -0.2) is 47.6 Å². The summed E-state index contributed by atoms with van der Waals surface area (Å²) in [6, 6.07) is 1.66. The molecule has 1 saturated carbocycles. The molecule has 2 atom stereocenters. The Morgan fingerprint density at radius 3 is 2.76 bits per heavy atom. The molecule has 3 fully saturated rings. The van der Waals surface area contributed by atoms with Crippen LogP contribution in [0.15, 0.2) is 0 Å². The van der Waals surface area contributed by atoms with Gasteiger partial charge in [0.15, 0.2) is 0 Å². The monoisotopic (exact) mass is 254 g/mol. The van der Waals surface area contributed by atoms with Crippen LogP contribution in [-0.2, 0) is 0 Å². The topological polar surface area (TPSA) is 15.3 Å². The van der Waals surface area contributed by atoms with E-state index in [-0.39, 0.29) is 0 Å². The van der Waals surface area contributed by atoms with Crippen LogP contribution in [0.25, 0.3) is 0 Å². The van der Waals surface area contributed by atoms with E-state index in [0.717, 1.165) is 12.1 Å². The summed E-state index contributed by atoms with van der Waals surface area (Å²) in [5.74, 6) is 0. The lowest BCUT2D eigenvalue weighted by molar-refractivity contribution is 0.295. The summed E-state index contributed by atoms with van der Waals surface area (Å²) >= 11 is 2.11. The molecule has 2 saturated heterocycles. The third-order valence-corrected chi connectivity index (χ3v) is 6.66. The molecule has 0 amide bonds. The number of nitrogens with zero attached hydrogens (tertiary/aromatic N) is 1. The van der Waals surface area contributed by atoms with Crippen molar-refractivity contribution >= 4 is 11.8 Å². The fourth-order valence-electron chi connectivity index (χ4n) is 4.11. The minimum atomic E-state index is 0.575. The van der Waals surface area contributed by atoms with Gasteiger partial charge < -0.3 is 5.32 Å². The van der Waals surface area contributed by atoms with Gasteiger partial charge in [-0.25, -0.2) is 0 Å². The third kappa shape index (κ3) is 2.39. The van der Waals surface area contributed by atoms with Crippen LogP contribution >= 0.6 is 11.8 Å². The molecule has 0 aromatic heterocycles. The van der Waals surface area contributed by atoms with Crippen molar-refractivity contribution in [2.24, 2.45) is 0 Å². The summed E-state index contributed by atoms with van der Waals surface area (Å²) in [6.45, 7) is 3.95. The number of thioether (sulfide) groups is 1. The highest BCUT2D eigenvalue weighted by Crippen LogP contribution is 2.40. The first-order chi connectivity index (χ1) is 8.33. The molecule has 98 valence electrons. The maximum Gasteiger partial charge on any atom is 0.0281 e. The van der Waals surface area contributed by atoms with E-state index < -0.39 is 0 Å². The Bertz CT molecular complexity index is 263. The smallest absolute Gasteiger partial charge is 0.0281 e. The molecule has 1 aliphatic carbocycles. The second kappa shape index (κ2) is 5.10. The van der Waals surface area contributed by atoms with Gasteiger partial charge in [-0.05, 0) is 44.9 Å². The average molecular weight is 254 g/mol. The Balaban J connectivity index is 1.53. The zero-order chi connectivity index (χ0) is 11.7. The highest BCUT2D eigenvalue weighted by Gasteiger charge is 2.39. The van der Waals surface area contributed by atoms with Crippen LogP contribution in [0.4, 0.5) is 0 Å². The molecular formula is C14H26N2S. The van der Waals surface area contributed by atoms with Crippen LogP contribution in [0.5, 0.6) is 0 Å². The molecule has 0 spiro atoms. The van der Waals surface area contributed by atoms with Gasteiger partial charge in [0.1, 0.15) is 0 Å². The Labute approximate surface area is 110 Å². The molecule has 0 bridgehead atoms. The molecule has 1 N–H and O–H groups in total. The number of rotatable bonds is 4. The van der Waals surface area contributed by atoms with Crippen molar-refractivity contribution in [2.45, 2.75) is 61.8 Å². The molecular weight excluding hydrogens is 228 g/mol. The van der Waals surface area contributed by atoms with Crippen molar-refractivity contribution < 1.29 is 0 Å². The first-order valence-electron chi connectivity index (χ1n) is 7.36. The predicted molar refractivity (Wildman–Crippen MR) is 75.7 cm³/mol. The van der Waals surface area contributed by atoms with Gasteiger partial charge in [0.25, 0.3) is 0 Å². The lowest BCUT2D eigenvalue weighted by Gasteiger charge is -2.30. The van der Waals surface area contributed by atoms with E-state index in [4.69, 9.17) is 0 Å². The average Bonchev–Trinajstić information content (AvgIpc) is 3.04. The van der Waals surface area contributed by atoms with E-state index in [2.05, 4.69) is 28.2 Å². The first kappa shape index (κ1) is 12.3. The van der Waals surface area contributed by atoms with Gasteiger partial charge in [0.05, 0.1) is 0 Å². The van der Waals surface area contributed by atoms with Crippen LogP contribution in [0.2, 0.25) is 0 Å². The summed E-state index contributed by atoms with van der Waals surface area (Å²) in [5, 5.41) is 3.92. The highest BCUT2D eigenvalue weighted by molar-refractivity contribution is 8.00. The predicted octanol–water partition coefficient (Wildman–Crippen LogP) is 2.49. The van der Waals surface area contributed by atoms with E-state index in [1.54, 1.807) is 0 Å².